The Balaban J connectivity index is 1.76. The molecule has 1 aromatic heterocycles. The van der Waals surface area contributed by atoms with Crippen LogP contribution < -0.4 is 0 Å². The first-order valence-electron chi connectivity index (χ1n) is 11.0. The molecular weight excluding hydrogens is 416 g/mol. The maximum atomic E-state index is 13.0. The van der Waals surface area contributed by atoms with Gasteiger partial charge in [0.2, 0.25) is 5.91 Å². The molecule has 0 saturated carbocycles. The summed E-state index contributed by atoms with van der Waals surface area (Å²) in [5.41, 5.74) is -0.326. The second-order valence-electron chi connectivity index (χ2n) is 10.3. The molecule has 0 aliphatic carbocycles. The van der Waals surface area contributed by atoms with Crippen molar-refractivity contribution in [2.24, 2.45) is 5.92 Å². The third kappa shape index (κ3) is 5.40. The summed E-state index contributed by atoms with van der Waals surface area (Å²) in [7, 11) is 0. The fraction of sp³-hybridized carbons (Fsp3) is 0.727. The van der Waals surface area contributed by atoms with E-state index in [1.54, 1.807) is 52.8 Å². The van der Waals surface area contributed by atoms with Gasteiger partial charge in [0.25, 0.3) is 0 Å². The molecule has 32 heavy (non-hydrogen) atoms. The highest BCUT2D eigenvalue weighted by Crippen LogP contribution is 2.33. The number of aromatic nitrogens is 2. The molecule has 1 aromatic rings. The Morgan fingerprint density at radius 1 is 1.06 bits per heavy atom. The molecule has 1 saturated heterocycles. The van der Waals surface area contributed by atoms with Crippen molar-refractivity contribution in [3.8, 4) is 0 Å². The molecule has 10 heteroatoms. The molecule has 1 fully saturated rings. The number of aliphatic hydroxyl groups excluding tert-OH is 1. The third-order valence-corrected chi connectivity index (χ3v) is 5.34. The molecule has 3 heterocycles. The molecule has 0 bridgehead atoms. The monoisotopic (exact) mass is 450 g/mol. The predicted molar refractivity (Wildman–Crippen MR) is 115 cm³/mol. The molecule has 2 unspecified atom stereocenters. The zero-order valence-electron chi connectivity index (χ0n) is 19.8. The number of likely N-dealkylation sites (tertiary alicyclic amines) is 1. The number of carbonyl (C=O) groups excluding carboxylic acids is 3. The summed E-state index contributed by atoms with van der Waals surface area (Å²) in [6, 6.07) is 0. The van der Waals surface area contributed by atoms with Crippen LogP contribution in [-0.2, 0) is 27.4 Å². The minimum atomic E-state index is -1.19. The van der Waals surface area contributed by atoms with Crippen LogP contribution >= 0.6 is 0 Å². The lowest BCUT2D eigenvalue weighted by Gasteiger charge is -2.35. The van der Waals surface area contributed by atoms with Crippen molar-refractivity contribution < 1.29 is 29.0 Å². The van der Waals surface area contributed by atoms with Gasteiger partial charge in [-0.15, -0.1) is 0 Å². The minimum Gasteiger partial charge on any atom is -0.444 e. The smallest absolute Gasteiger partial charge is 0.417 e. The normalized spacial score (nSPS) is 20.6. The second-order valence-corrected chi connectivity index (χ2v) is 10.3. The van der Waals surface area contributed by atoms with Gasteiger partial charge in [0.05, 0.1) is 30.2 Å². The molecule has 2 aliphatic heterocycles. The van der Waals surface area contributed by atoms with Gasteiger partial charge in [-0.05, 0) is 54.4 Å². The van der Waals surface area contributed by atoms with Gasteiger partial charge in [-0.25, -0.2) is 19.5 Å². The molecule has 10 nitrogen and oxygen atoms in total. The molecular formula is C22H34N4O6. The van der Waals surface area contributed by atoms with Crippen LogP contribution in [0.25, 0.3) is 0 Å². The largest absolute Gasteiger partial charge is 0.444 e. The lowest BCUT2D eigenvalue weighted by atomic mass is 9.89. The molecule has 2 atom stereocenters. The summed E-state index contributed by atoms with van der Waals surface area (Å²) in [5, 5.41) is 11.1. The van der Waals surface area contributed by atoms with Crippen molar-refractivity contribution in [2.45, 2.75) is 84.8 Å². The second kappa shape index (κ2) is 8.73. The Hall–Kier alpha value is -2.62. The summed E-state index contributed by atoms with van der Waals surface area (Å²) >= 11 is 0. The van der Waals surface area contributed by atoms with E-state index in [0.29, 0.717) is 37.3 Å². The van der Waals surface area contributed by atoms with Crippen molar-refractivity contribution in [3.05, 3.63) is 17.7 Å². The van der Waals surface area contributed by atoms with Crippen molar-refractivity contribution in [1.29, 1.82) is 0 Å². The van der Waals surface area contributed by atoms with Crippen LogP contribution in [0.4, 0.5) is 9.59 Å². The maximum Gasteiger partial charge on any atom is 0.417 e. The van der Waals surface area contributed by atoms with E-state index in [1.165, 1.54) is 0 Å². The van der Waals surface area contributed by atoms with E-state index in [0.717, 1.165) is 4.90 Å². The standard InChI is InChI=1S/C22H34N4O6/c1-21(2,3)31-19(29)24-10-11-25-13-23-16(15(25)12-24)17(27)14-8-7-9-26(18(14)28)20(30)32-22(4,5)6/h13-14,17,27H,7-12H2,1-6H3. The first-order valence-corrected chi connectivity index (χ1v) is 11.0. The fourth-order valence-electron chi connectivity index (χ4n) is 3.89. The molecule has 3 rings (SSSR count). The fourth-order valence-corrected chi connectivity index (χ4v) is 3.89. The van der Waals surface area contributed by atoms with Crippen molar-refractivity contribution in [3.63, 3.8) is 0 Å². The topological polar surface area (TPSA) is 114 Å². The van der Waals surface area contributed by atoms with Crippen LogP contribution in [0.2, 0.25) is 0 Å². The highest BCUT2D eigenvalue weighted by Gasteiger charge is 2.41. The predicted octanol–water partition coefficient (Wildman–Crippen LogP) is 2.84. The Kier molecular flexibility index (Phi) is 6.55. The molecule has 0 spiro atoms. The lowest BCUT2D eigenvalue weighted by Crippen LogP contribution is -2.48. The molecule has 3 amide bonds. The Labute approximate surface area is 188 Å². The van der Waals surface area contributed by atoms with E-state index in [1.807, 2.05) is 4.57 Å². The van der Waals surface area contributed by atoms with Crippen LogP contribution in [0.15, 0.2) is 6.33 Å². The van der Waals surface area contributed by atoms with Gasteiger partial charge in [0.1, 0.15) is 17.3 Å². The quantitative estimate of drug-likeness (QED) is 0.737. The molecule has 0 radical (unpaired) electrons. The number of nitrogens with zero attached hydrogens (tertiary/aromatic N) is 4. The van der Waals surface area contributed by atoms with Crippen molar-refractivity contribution in [1.82, 2.24) is 19.4 Å². The number of piperidine rings is 1. The van der Waals surface area contributed by atoms with E-state index in [9.17, 15) is 19.5 Å². The number of hydrogen-bond donors (Lipinski definition) is 1. The Morgan fingerprint density at radius 2 is 1.69 bits per heavy atom. The first-order chi connectivity index (χ1) is 14.8. The number of rotatable bonds is 2. The van der Waals surface area contributed by atoms with Gasteiger partial charge < -0.3 is 24.0 Å². The summed E-state index contributed by atoms with van der Waals surface area (Å²) < 4.78 is 12.7. The zero-order chi connectivity index (χ0) is 23.8. The number of imidazole rings is 1. The number of imide groups is 1. The number of hydrogen-bond acceptors (Lipinski definition) is 7. The van der Waals surface area contributed by atoms with Crippen LogP contribution in [0, 0.1) is 5.92 Å². The van der Waals surface area contributed by atoms with Gasteiger partial charge in [-0.1, -0.05) is 0 Å². The number of amides is 3. The Bertz CT molecular complexity index is 882. The van der Waals surface area contributed by atoms with Crippen LogP contribution in [0.3, 0.4) is 0 Å². The van der Waals surface area contributed by atoms with Gasteiger partial charge >= 0.3 is 12.2 Å². The summed E-state index contributed by atoms with van der Waals surface area (Å²) in [4.78, 5) is 45.0. The number of ether oxygens (including phenoxy) is 2. The highest BCUT2D eigenvalue weighted by molar-refractivity contribution is 5.94. The number of carbonyl (C=O) groups is 3. The van der Waals surface area contributed by atoms with Gasteiger partial charge in [0, 0.05) is 19.6 Å². The lowest BCUT2D eigenvalue weighted by molar-refractivity contribution is -0.142. The molecule has 0 aromatic carbocycles. The van der Waals surface area contributed by atoms with Gasteiger partial charge in [0.15, 0.2) is 0 Å². The molecule has 2 aliphatic rings. The zero-order valence-corrected chi connectivity index (χ0v) is 19.8. The minimum absolute atomic E-state index is 0.220. The average molecular weight is 451 g/mol. The first kappa shape index (κ1) is 24.0. The highest BCUT2D eigenvalue weighted by atomic mass is 16.6. The van der Waals surface area contributed by atoms with E-state index in [-0.39, 0.29) is 13.1 Å². The van der Waals surface area contributed by atoms with Gasteiger partial charge in [-0.3, -0.25) is 4.79 Å². The van der Waals surface area contributed by atoms with E-state index < -0.39 is 41.3 Å². The third-order valence-electron chi connectivity index (χ3n) is 5.34. The molecule has 1 N–H and O–H groups in total. The van der Waals surface area contributed by atoms with Crippen molar-refractivity contribution >= 4 is 18.1 Å². The van der Waals surface area contributed by atoms with E-state index >= 15 is 0 Å². The van der Waals surface area contributed by atoms with E-state index in [2.05, 4.69) is 4.98 Å². The van der Waals surface area contributed by atoms with Crippen molar-refractivity contribution in [2.75, 3.05) is 13.1 Å². The SMILES string of the molecule is CC(C)(C)OC(=O)N1CCn2cnc(C(O)C3CCCN(C(=O)OC(C)(C)C)C3=O)c2C1. The van der Waals surface area contributed by atoms with Crippen LogP contribution in [-0.4, -0.2) is 66.8 Å². The summed E-state index contributed by atoms with van der Waals surface area (Å²) in [6.45, 7) is 12.1. The Morgan fingerprint density at radius 3 is 2.31 bits per heavy atom. The molecule has 178 valence electrons. The number of fused-ring (bicyclic) bond motifs is 1. The van der Waals surface area contributed by atoms with Gasteiger partial charge in [-0.2, -0.15) is 0 Å². The summed E-state index contributed by atoms with van der Waals surface area (Å²) in [6.07, 6.45) is 0.271. The maximum absolute atomic E-state index is 13.0. The van der Waals surface area contributed by atoms with Crippen LogP contribution in [0.1, 0.15) is 71.9 Å². The van der Waals surface area contributed by atoms with E-state index in [4.69, 9.17) is 9.47 Å². The van der Waals surface area contributed by atoms with Crippen LogP contribution in [0.5, 0.6) is 0 Å². The summed E-state index contributed by atoms with van der Waals surface area (Å²) in [5.74, 6) is -1.28. The number of aliphatic hydroxyl groups is 1. The average Bonchev–Trinajstić information content (AvgIpc) is 3.08.